The summed E-state index contributed by atoms with van der Waals surface area (Å²) in [5, 5.41) is 11.0. The third-order valence-electron chi connectivity index (χ3n) is 6.56. The van der Waals surface area contributed by atoms with Gasteiger partial charge in [0.2, 0.25) is 0 Å². The molecule has 1 N–H and O–H groups in total. The van der Waals surface area contributed by atoms with Crippen molar-refractivity contribution in [3.63, 3.8) is 0 Å². The van der Waals surface area contributed by atoms with Gasteiger partial charge in [0.05, 0.1) is 6.04 Å². The summed E-state index contributed by atoms with van der Waals surface area (Å²) in [5.41, 5.74) is 3.93. The molecule has 4 rings (SSSR count). The molecule has 2 aromatic rings. The van der Waals surface area contributed by atoms with E-state index < -0.39 is 20.8 Å². The SMILES string of the molecule is Cc1cc(C=NC2CC3CCC2C3)c(O)c(C(C)(C)c2ccccc2)c1.[Cl][Zr][Cl]. The Balaban J connectivity index is 0.000000755. The van der Waals surface area contributed by atoms with Crippen LogP contribution in [-0.2, 0) is 26.3 Å². The molecule has 0 aliphatic heterocycles. The van der Waals surface area contributed by atoms with Crippen LogP contribution in [0.15, 0.2) is 47.5 Å². The van der Waals surface area contributed by atoms with Crippen LogP contribution >= 0.6 is 17.0 Å². The van der Waals surface area contributed by atoms with Crippen molar-refractivity contribution < 1.29 is 26.0 Å². The van der Waals surface area contributed by atoms with Crippen LogP contribution in [0.5, 0.6) is 5.75 Å². The number of hydrogen-bond donors (Lipinski definition) is 1. The first-order chi connectivity index (χ1) is 13.9. The monoisotopic (exact) mass is 507 g/mol. The predicted octanol–water partition coefficient (Wildman–Crippen LogP) is 7.01. The molecule has 2 fully saturated rings. The summed E-state index contributed by atoms with van der Waals surface area (Å²) in [7, 11) is 9.87. The molecule has 2 aliphatic carbocycles. The van der Waals surface area contributed by atoms with Crippen molar-refractivity contribution in [3.8, 4) is 5.75 Å². The molecule has 2 bridgehead atoms. The van der Waals surface area contributed by atoms with E-state index in [0.717, 1.165) is 28.5 Å². The normalized spacial score (nSPS) is 23.1. The van der Waals surface area contributed by atoms with Crippen molar-refractivity contribution in [1.82, 2.24) is 0 Å². The van der Waals surface area contributed by atoms with Crippen LogP contribution in [0.4, 0.5) is 0 Å². The Bertz CT molecular complexity index is 853. The molecule has 0 heterocycles. The zero-order chi connectivity index (χ0) is 21.0. The number of aromatic hydroxyl groups is 1. The second kappa shape index (κ2) is 10.1. The molecule has 2 nitrogen and oxygen atoms in total. The first kappa shape index (κ1) is 23.0. The summed E-state index contributed by atoms with van der Waals surface area (Å²) in [6.07, 6.45) is 7.24. The Morgan fingerprint density at radius 1 is 1.10 bits per heavy atom. The van der Waals surface area contributed by atoms with E-state index >= 15 is 0 Å². The van der Waals surface area contributed by atoms with Crippen LogP contribution in [0.25, 0.3) is 0 Å². The summed E-state index contributed by atoms with van der Waals surface area (Å²) < 4.78 is 0. The zero-order valence-corrected chi connectivity index (χ0v) is 21.3. The van der Waals surface area contributed by atoms with E-state index in [9.17, 15) is 5.11 Å². The third-order valence-corrected chi connectivity index (χ3v) is 6.56. The van der Waals surface area contributed by atoms with Crippen molar-refractivity contribution in [2.24, 2.45) is 16.8 Å². The fraction of sp³-hybridized carbons (Fsp3) is 0.458. The third kappa shape index (κ3) is 5.35. The topological polar surface area (TPSA) is 32.6 Å². The van der Waals surface area contributed by atoms with Crippen LogP contribution in [0, 0.1) is 18.8 Å². The molecule has 0 aromatic heterocycles. The second-order valence-corrected chi connectivity index (χ2v) is 12.6. The maximum atomic E-state index is 11.0. The molecule has 2 saturated carbocycles. The number of aryl methyl sites for hydroxylation is 1. The number of rotatable bonds is 4. The van der Waals surface area contributed by atoms with Crippen LogP contribution in [0.1, 0.15) is 61.8 Å². The van der Waals surface area contributed by atoms with Crippen LogP contribution < -0.4 is 0 Å². The van der Waals surface area contributed by atoms with E-state index in [1.54, 1.807) is 0 Å². The average Bonchev–Trinajstić information content (AvgIpc) is 3.33. The number of nitrogens with zero attached hydrogens (tertiary/aromatic N) is 1. The Labute approximate surface area is 193 Å². The van der Waals surface area contributed by atoms with Gasteiger partial charge in [0.25, 0.3) is 0 Å². The molecule has 3 unspecified atom stereocenters. The van der Waals surface area contributed by atoms with Gasteiger partial charge >= 0.3 is 37.9 Å². The summed E-state index contributed by atoms with van der Waals surface area (Å²) in [4.78, 5) is 4.89. The van der Waals surface area contributed by atoms with Gasteiger partial charge < -0.3 is 5.11 Å². The van der Waals surface area contributed by atoms with E-state index in [1.807, 2.05) is 12.3 Å². The van der Waals surface area contributed by atoms with Crippen LogP contribution in [0.2, 0.25) is 0 Å². The molecule has 2 aliphatic rings. The summed E-state index contributed by atoms with van der Waals surface area (Å²) in [5.74, 6) is 2.03. The predicted molar refractivity (Wildman–Crippen MR) is 120 cm³/mol. The van der Waals surface area contributed by atoms with E-state index in [1.165, 1.54) is 31.2 Å². The Hall–Kier alpha value is -0.627. The first-order valence-corrected chi connectivity index (χ1v) is 16.6. The Kier molecular flexibility index (Phi) is 8.04. The Morgan fingerprint density at radius 3 is 2.38 bits per heavy atom. The van der Waals surface area contributed by atoms with Gasteiger partial charge in [-0.25, -0.2) is 0 Å². The molecular formula is C24H29Cl2NOZr. The van der Waals surface area contributed by atoms with Gasteiger partial charge in [-0.1, -0.05) is 56.7 Å². The van der Waals surface area contributed by atoms with Gasteiger partial charge in [-0.15, -0.1) is 0 Å². The minimum absolute atomic E-state index is 0.258. The molecule has 154 valence electrons. The maximum absolute atomic E-state index is 11.0. The number of phenols is 1. The molecule has 0 spiro atoms. The second-order valence-electron chi connectivity index (χ2n) is 8.83. The Morgan fingerprint density at radius 2 is 1.79 bits per heavy atom. The van der Waals surface area contributed by atoms with Gasteiger partial charge in [0.1, 0.15) is 5.75 Å². The van der Waals surface area contributed by atoms with E-state index in [4.69, 9.17) is 22.0 Å². The minimum atomic E-state index is -0.826. The summed E-state index contributed by atoms with van der Waals surface area (Å²) in [6.45, 7) is 6.44. The van der Waals surface area contributed by atoms with Crippen molar-refractivity contribution >= 4 is 23.2 Å². The number of hydrogen-bond acceptors (Lipinski definition) is 2. The van der Waals surface area contributed by atoms with Crippen LogP contribution in [-0.4, -0.2) is 17.4 Å². The van der Waals surface area contributed by atoms with Gasteiger partial charge in [0.15, 0.2) is 0 Å². The molecule has 0 amide bonds. The number of aliphatic imine (C=N–C) groups is 1. The summed E-state index contributed by atoms with van der Waals surface area (Å²) >= 11 is -0.826. The van der Waals surface area contributed by atoms with Crippen molar-refractivity contribution in [2.45, 2.75) is 57.9 Å². The molecule has 0 radical (unpaired) electrons. The molecule has 2 aromatic carbocycles. The fourth-order valence-electron chi connectivity index (χ4n) is 4.96. The summed E-state index contributed by atoms with van der Waals surface area (Å²) in [6, 6.07) is 15.0. The number of halogens is 2. The first-order valence-electron chi connectivity index (χ1n) is 10.3. The van der Waals surface area contributed by atoms with Gasteiger partial charge in [0, 0.05) is 22.8 Å². The van der Waals surface area contributed by atoms with Gasteiger partial charge in [-0.2, -0.15) is 0 Å². The molecular weight excluding hydrogens is 480 g/mol. The molecule has 0 saturated heterocycles. The zero-order valence-electron chi connectivity index (χ0n) is 17.3. The average molecular weight is 510 g/mol. The van der Waals surface area contributed by atoms with Crippen molar-refractivity contribution in [3.05, 3.63) is 64.7 Å². The van der Waals surface area contributed by atoms with Crippen LogP contribution in [0.3, 0.4) is 0 Å². The standard InChI is InChI=1S/C24H29NO.2ClH.Zr/c1-16-11-19(15-25-22-14-17-9-10-18(22)13-17)23(26)21(12-16)24(2,3)20-7-5-4-6-8-20;;;/h4-8,11-12,15,17-18,22,26H,9-10,13-14H2,1-3H3;2*1H;/q;;;+2/p-2. The number of benzene rings is 2. The quantitative estimate of drug-likeness (QED) is 0.442. The van der Waals surface area contributed by atoms with Gasteiger partial charge in [-0.05, 0) is 55.2 Å². The molecule has 29 heavy (non-hydrogen) atoms. The van der Waals surface area contributed by atoms with E-state index in [2.05, 4.69) is 57.2 Å². The molecule has 3 atom stereocenters. The fourth-order valence-corrected chi connectivity index (χ4v) is 4.96. The van der Waals surface area contributed by atoms with E-state index in [0.29, 0.717) is 11.8 Å². The van der Waals surface area contributed by atoms with Crippen molar-refractivity contribution in [1.29, 1.82) is 0 Å². The van der Waals surface area contributed by atoms with E-state index in [-0.39, 0.29) is 5.41 Å². The number of fused-ring (bicyclic) bond motifs is 2. The van der Waals surface area contributed by atoms with Gasteiger partial charge in [-0.3, -0.25) is 4.99 Å². The van der Waals surface area contributed by atoms with Crippen molar-refractivity contribution in [2.75, 3.05) is 0 Å². The number of phenolic OH excluding ortho intramolecular Hbond substituents is 1. The molecule has 5 heteroatoms.